The maximum absolute atomic E-state index is 11.8. The molecule has 0 fully saturated rings. The molecule has 0 bridgehead atoms. The van der Waals surface area contributed by atoms with E-state index in [1.807, 2.05) is 13.8 Å². The van der Waals surface area contributed by atoms with E-state index in [0.717, 1.165) is 12.8 Å². The van der Waals surface area contributed by atoms with Gasteiger partial charge in [-0.3, -0.25) is 9.59 Å². The Balaban J connectivity index is 2.36. The van der Waals surface area contributed by atoms with Gasteiger partial charge in [-0.05, 0) is 31.0 Å². The first-order valence-electron chi connectivity index (χ1n) is 7.48. The molecular weight excluding hydrogens is 282 g/mol. The molecule has 0 spiro atoms. The van der Waals surface area contributed by atoms with Crippen molar-refractivity contribution in [3.63, 3.8) is 0 Å². The number of primary amides is 1. The van der Waals surface area contributed by atoms with E-state index >= 15 is 0 Å². The van der Waals surface area contributed by atoms with E-state index in [-0.39, 0.29) is 24.5 Å². The third-order valence-corrected chi connectivity index (χ3v) is 3.76. The molecule has 0 aliphatic rings. The maximum Gasteiger partial charge on any atom is 0.248 e. The van der Waals surface area contributed by atoms with E-state index in [4.69, 9.17) is 16.2 Å². The summed E-state index contributed by atoms with van der Waals surface area (Å²) in [5.74, 6) is -0.108. The Kier molecular flexibility index (Phi) is 6.85. The molecule has 1 aromatic rings. The van der Waals surface area contributed by atoms with E-state index in [0.29, 0.717) is 17.9 Å². The first kappa shape index (κ1) is 18.0. The van der Waals surface area contributed by atoms with Gasteiger partial charge in [-0.1, -0.05) is 19.9 Å². The minimum Gasteiger partial charge on any atom is -0.493 e. The minimum atomic E-state index is -0.512. The lowest BCUT2D eigenvalue weighted by molar-refractivity contribution is -0.121. The van der Waals surface area contributed by atoms with Crippen LogP contribution in [0.25, 0.3) is 0 Å². The molecule has 0 aromatic heterocycles. The molecule has 0 saturated carbocycles. The second kappa shape index (κ2) is 8.38. The molecule has 0 aliphatic carbocycles. The average molecular weight is 307 g/mol. The van der Waals surface area contributed by atoms with Crippen LogP contribution in [0.5, 0.6) is 5.75 Å². The molecular formula is C16H25N3O3. The zero-order chi connectivity index (χ0) is 16.6. The van der Waals surface area contributed by atoms with Crippen molar-refractivity contribution in [2.24, 2.45) is 11.5 Å². The van der Waals surface area contributed by atoms with Crippen LogP contribution in [0.4, 0.5) is 0 Å². The molecule has 6 nitrogen and oxygen atoms in total. The van der Waals surface area contributed by atoms with Gasteiger partial charge in [0.1, 0.15) is 5.75 Å². The lowest BCUT2D eigenvalue weighted by Crippen LogP contribution is -2.49. The van der Waals surface area contributed by atoms with Gasteiger partial charge in [0.05, 0.1) is 13.0 Å². The Morgan fingerprint density at radius 1 is 1.27 bits per heavy atom. The van der Waals surface area contributed by atoms with Crippen LogP contribution in [-0.4, -0.2) is 30.5 Å². The predicted octanol–water partition coefficient (Wildman–Crippen LogP) is 1.19. The quantitative estimate of drug-likeness (QED) is 0.637. The van der Waals surface area contributed by atoms with E-state index in [1.54, 1.807) is 24.3 Å². The fourth-order valence-corrected chi connectivity index (χ4v) is 1.86. The molecule has 22 heavy (non-hydrogen) atoms. The first-order chi connectivity index (χ1) is 10.4. The van der Waals surface area contributed by atoms with Crippen LogP contribution in [0.1, 0.15) is 43.5 Å². The molecule has 0 aliphatic heterocycles. The van der Waals surface area contributed by atoms with Crippen LogP contribution in [0, 0.1) is 0 Å². The van der Waals surface area contributed by atoms with Gasteiger partial charge >= 0.3 is 0 Å². The lowest BCUT2D eigenvalue weighted by atomic mass is 9.94. The number of hydrogen-bond donors (Lipinski definition) is 3. The second-order valence-electron chi connectivity index (χ2n) is 5.34. The third-order valence-electron chi connectivity index (χ3n) is 3.76. The number of rotatable bonds is 9. The SMILES string of the molecule is CCC(N)(CC)CNC(=O)CCOc1cccc(C(N)=O)c1. The minimum absolute atomic E-state index is 0.109. The molecule has 6 heteroatoms. The summed E-state index contributed by atoms with van der Waals surface area (Å²) in [6.07, 6.45) is 1.84. The van der Waals surface area contributed by atoms with Crippen LogP contribution in [0.15, 0.2) is 24.3 Å². The number of ether oxygens (including phenoxy) is 1. The van der Waals surface area contributed by atoms with Crippen molar-refractivity contribution in [2.45, 2.75) is 38.6 Å². The largest absolute Gasteiger partial charge is 0.493 e. The molecule has 122 valence electrons. The predicted molar refractivity (Wildman–Crippen MR) is 85.6 cm³/mol. The molecule has 0 atom stereocenters. The van der Waals surface area contributed by atoms with Crippen LogP contribution in [0.3, 0.4) is 0 Å². The fraction of sp³-hybridized carbons (Fsp3) is 0.500. The van der Waals surface area contributed by atoms with Gasteiger partial charge in [0.25, 0.3) is 0 Å². The summed E-state index contributed by atoms with van der Waals surface area (Å²) in [5, 5.41) is 2.82. The van der Waals surface area contributed by atoms with Gasteiger partial charge in [0.15, 0.2) is 0 Å². The second-order valence-corrected chi connectivity index (χ2v) is 5.34. The normalized spacial score (nSPS) is 11.0. The first-order valence-corrected chi connectivity index (χ1v) is 7.48. The monoisotopic (exact) mass is 307 g/mol. The third kappa shape index (κ3) is 5.73. The smallest absolute Gasteiger partial charge is 0.248 e. The molecule has 2 amide bonds. The van der Waals surface area contributed by atoms with Crippen LogP contribution < -0.4 is 21.5 Å². The van der Waals surface area contributed by atoms with Gasteiger partial charge in [-0.25, -0.2) is 0 Å². The summed E-state index contributed by atoms with van der Waals surface area (Å²) in [5.41, 5.74) is 11.3. The summed E-state index contributed by atoms with van der Waals surface area (Å²) in [6, 6.07) is 6.56. The highest BCUT2D eigenvalue weighted by molar-refractivity contribution is 5.93. The van der Waals surface area contributed by atoms with Gasteiger partial charge in [0.2, 0.25) is 11.8 Å². The van der Waals surface area contributed by atoms with Gasteiger partial charge in [-0.15, -0.1) is 0 Å². The lowest BCUT2D eigenvalue weighted by Gasteiger charge is -2.26. The summed E-state index contributed by atoms with van der Waals surface area (Å²) in [7, 11) is 0. The topological polar surface area (TPSA) is 107 Å². The number of carbonyl (C=O) groups is 2. The molecule has 1 aromatic carbocycles. The highest BCUT2D eigenvalue weighted by Crippen LogP contribution is 2.13. The van der Waals surface area contributed by atoms with Gasteiger partial charge < -0.3 is 21.5 Å². The highest BCUT2D eigenvalue weighted by Gasteiger charge is 2.20. The Labute approximate surface area is 131 Å². The summed E-state index contributed by atoms with van der Waals surface area (Å²) in [6.45, 7) is 4.69. The Bertz CT molecular complexity index is 513. The van der Waals surface area contributed by atoms with Crippen molar-refractivity contribution in [3.05, 3.63) is 29.8 Å². The van der Waals surface area contributed by atoms with Crippen molar-refractivity contribution >= 4 is 11.8 Å². The van der Waals surface area contributed by atoms with Gasteiger partial charge in [0, 0.05) is 17.6 Å². The Morgan fingerprint density at radius 3 is 2.55 bits per heavy atom. The number of nitrogens with one attached hydrogen (secondary N) is 1. The number of amides is 2. The molecule has 5 N–H and O–H groups in total. The summed E-state index contributed by atoms with van der Waals surface area (Å²) in [4.78, 5) is 22.8. The number of carbonyl (C=O) groups excluding carboxylic acids is 2. The molecule has 1 rings (SSSR count). The Morgan fingerprint density at radius 2 is 1.95 bits per heavy atom. The number of benzene rings is 1. The summed E-state index contributed by atoms with van der Waals surface area (Å²) >= 11 is 0. The fourth-order valence-electron chi connectivity index (χ4n) is 1.86. The number of hydrogen-bond acceptors (Lipinski definition) is 4. The summed E-state index contributed by atoms with van der Waals surface area (Å²) < 4.78 is 5.45. The zero-order valence-electron chi connectivity index (χ0n) is 13.2. The molecule has 0 unspecified atom stereocenters. The molecule has 0 saturated heterocycles. The van der Waals surface area contributed by atoms with Crippen LogP contribution >= 0.6 is 0 Å². The zero-order valence-corrected chi connectivity index (χ0v) is 13.2. The standard InChI is InChI=1S/C16H25N3O3/c1-3-16(18,4-2)11-19-14(20)8-9-22-13-7-5-6-12(10-13)15(17)21/h5-7,10H,3-4,8-9,11,18H2,1-2H3,(H2,17,21)(H,19,20). The van der Waals surface area contributed by atoms with E-state index in [9.17, 15) is 9.59 Å². The van der Waals surface area contributed by atoms with E-state index < -0.39 is 5.91 Å². The van der Waals surface area contributed by atoms with E-state index in [2.05, 4.69) is 5.32 Å². The van der Waals surface area contributed by atoms with Crippen LogP contribution in [-0.2, 0) is 4.79 Å². The van der Waals surface area contributed by atoms with Crippen molar-refractivity contribution in [3.8, 4) is 5.75 Å². The van der Waals surface area contributed by atoms with Crippen LogP contribution in [0.2, 0.25) is 0 Å². The van der Waals surface area contributed by atoms with E-state index in [1.165, 1.54) is 0 Å². The molecule has 0 heterocycles. The Hall–Kier alpha value is -2.08. The van der Waals surface area contributed by atoms with Crippen molar-refractivity contribution < 1.29 is 14.3 Å². The number of nitrogens with two attached hydrogens (primary N) is 2. The van der Waals surface area contributed by atoms with Crippen molar-refractivity contribution in [1.82, 2.24) is 5.32 Å². The highest BCUT2D eigenvalue weighted by atomic mass is 16.5. The van der Waals surface area contributed by atoms with Gasteiger partial charge in [-0.2, -0.15) is 0 Å². The molecule has 0 radical (unpaired) electrons. The van der Waals surface area contributed by atoms with Crippen molar-refractivity contribution in [2.75, 3.05) is 13.2 Å². The van der Waals surface area contributed by atoms with Crippen molar-refractivity contribution in [1.29, 1.82) is 0 Å². The maximum atomic E-state index is 11.8. The average Bonchev–Trinajstić information content (AvgIpc) is 2.53.